The van der Waals surface area contributed by atoms with Crippen molar-refractivity contribution in [2.75, 3.05) is 6.54 Å². The van der Waals surface area contributed by atoms with Crippen LogP contribution in [-0.4, -0.2) is 28.7 Å². The van der Waals surface area contributed by atoms with Gasteiger partial charge in [0.15, 0.2) is 0 Å². The minimum atomic E-state index is -1.28. The molecule has 2 aliphatic heterocycles. The standard InChI is InChI=1S/C13H22FN/c1-10(2)7-13-6-5-12(3-4-12)15(13)9-11(14)8-13/h10-11H,3-9H2,1-2H3/t11-,13-/m1/s1/i7D2. The van der Waals surface area contributed by atoms with Crippen molar-refractivity contribution in [2.45, 2.75) is 69.6 Å². The van der Waals surface area contributed by atoms with Crippen molar-refractivity contribution in [3.8, 4) is 0 Å². The molecule has 1 saturated carbocycles. The summed E-state index contributed by atoms with van der Waals surface area (Å²) in [4.78, 5) is 2.23. The van der Waals surface area contributed by atoms with E-state index in [-0.39, 0.29) is 11.5 Å². The predicted octanol–water partition coefficient (Wildman–Crippen LogP) is 3.14. The van der Waals surface area contributed by atoms with Gasteiger partial charge in [-0.1, -0.05) is 13.8 Å². The summed E-state index contributed by atoms with van der Waals surface area (Å²) in [6.07, 6.45) is 2.51. The Balaban J connectivity index is 2.00. The molecule has 15 heavy (non-hydrogen) atoms. The molecule has 2 atom stereocenters. The number of hydrogen-bond donors (Lipinski definition) is 0. The fourth-order valence-electron chi connectivity index (χ4n) is 3.78. The lowest BCUT2D eigenvalue weighted by Gasteiger charge is -2.36. The van der Waals surface area contributed by atoms with Crippen LogP contribution in [0.4, 0.5) is 4.39 Å². The van der Waals surface area contributed by atoms with Gasteiger partial charge in [-0.2, -0.15) is 0 Å². The van der Waals surface area contributed by atoms with Crippen molar-refractivity contribution >= 4 is 0 Å². The van der Waals surface area contributed by atoms with Crippen molar-refractivity contribution in [3.63, 3.8) is 0 Å². The molecule has 2 saturated heterocycles. The Morgan fingerprint density at radius 1 is 1.40 bits per heavy atom. The van der Waals surface area contributed by atoms with E-state index < -0.39 is 18.1 Å². The molecule has 1 aliphatic carbocycles. The zero-order valence-corrected chi connectivity index (χ0v) is 9.72. The Labute approximate surface area is 94.8 Å². The lowest BCUT2D eigenvalue weighted by atomic mass is 9.85. The molecule has 0 radical (unpaired) electrons. The second kappa shape index (κ2) is 2.97. The van der Waals surface area contributed by atoms with Gasteiger partial charge < -0.3 is 0 Å². The Morgan fingerprint density at radius 2 is 2.07 bits per heavy atom. The Kier molecular flexibility index (Phi) is 1.59. The Bertz CT molecular complexity index is 340. The summed E-state index contributed by atoms with van der Waals surface area (Å²) in [6.45, 7) is 4.32. The van der Waals surface area contributed by atoms with Gasteiger partial charge in [-0.15, -0.1) is 0 Å². The molecular formula is C13H22FN. The minimum Gasteiger partial charge on any atom is -0.289 e. The van der Waals surface area contributed by atoms with Crippen molar-refractivity contribution < 1.29 is 7.13 Å². The predicted molar refractivity (Wildman–Crippen MR) is 59.6 cm³/mol. The van der Waals surface area contributed by atoms with Crippen LogP contribution >= 0.6 is 0 Å². The minimum absolute atomic E-state index is 0.0517. The second-order valence-electron chi connectivity index (χ2n) is 5.97. The van der Waals surface area contributed by atoms with E-state index in [1.54, 1.807) is 0 Å². The van der Waals surface area contributed by atoms with Crippen molar-refractivity contribution in [2.24, 2.45) is 5.92 Å². The maximum absolute atomic E-state index is 13.8. The monoisotopic (exact) mass is 213 g/mol. The van der Waals surface area contributed by atoms with Crippen LogP contribution in [0.15, 0.2) is 0 Å². The molecule has 0 aromatic rings. The van der Waals surface area contributed by atoms with Gasteiger partial charge in [0.1, 0.15) is 6.17 Å². The van der Waals surface area contributed by atoms with Crippen LogP contribution in [0.2, 0.25) is 0 Å². The number of rotatable bonds is 2. The highest BCUT2D eigenvalue weighted by molar-refractivity contribution is 5.19. The van der Waals surface area contributed by atoms with E-state index in [2.05, 4.69) is 4.90 Å². The maximum atomic E-state index is 13.8. The second-order valence-corrected chi connectivity index (χ2v) is 5.97. The number of nitrogens with zero attached hydrogens (tertiary/aromatic N) is 1. The van der Waals surface area contributed by atoms with E-state index >= 15 is 0 Å². The molecule has 0 bridgehead atoms. The normalized spacial score (nSPS) is 45.7. The first-order valence-electron chi connectivity index (χ1n) is 7.26. The lowest BCUT2D eigenvalue weighted by Crippen LogP contribution is -2.44. The summed E-state index contributed by atoms with van der Waals surface area (Å²) in [7, 11) is 0. The fraction of sp³-hybridized carbons (Fsp3) is 1.00. The van der Waals surface area contributed by atoms with Crippen LogP contribution in [0, 0.1) is 5.92 Å². The molecule has 0 aromatic heterocycles. The van der Waals surface area contributed by atoms with E-state index in [1.165, 1.54) is 0 Å². The first-order chi connectivity index (χ1) is 7.84. The summed E-state index contributed by atoms with van der Waals surface area (Å²) in [5.41, 5.74) is -0.333. The summed E-state index contributed by atoms with van der Waals surface area (Å²) in [5, 5.41) is 0. The maximum Gasteiger partial charge on any atom is 0.115 e. The highest BCUT2D eigenvalue weighted by atomic mass is 19.1. The van der Waals surface area contributed by atoms with E-state index in [0.717, 1.165) is 25.7 Å². The van der Waals surface area contributed by atoms with Gasteiger partial charge in [0.25, 0.3) is 0 Å². The smallest absolute Gasteiger partial charge is 0.115 e. The van der Waals surface area contributed by atoms with Crippen molar-refractivity contribution in [3.05, 3.63) is 0 Å². The highest BCUT2D eigenvalue weighted by Gasteiger charge is 2.63. The largest absolute Gasteiger partial charge is 0.289 e. The van der Waals surface area contributed by atoms with Crippen LogP contribution in [0.1, 0.15) is 55.1 Å². The molecule has 0 unspecified atom stereocenters. The van der Waals surface area contributed by atoms with Crippen LogP contribution in [-0.2, 0) is 0 Å². The number of hydrogen-bond acceptors (Lipinski definition) is 1. The molecule has 0 amide bonds. The van der Waals surface area contributed by atoms with E-state index in [9.17, 15) is 4.39 Å². The van der Waals surface area contributed by atoms with Crippen LogP contribution < -0.4 is 0 Å². The van der Waals surface area contributed by atoms with Gasteiger partial charge in [-0.05, 0) is 44.4 Å². The molecule has 86 valence electrons. The SMILES string of the molecule is [2H]C([2H])(C(C)C)[C@@]12CCC3(CC3)N1C[C@H](F)C2. The quantitative estimate of drug-likeness (QED) is 0.681. The average Bonchev–Trinajstić information content (AvgIpc) is 2.85. The Morgan fingerprint density at radius 3 is 2.67 bits per heavy atom. The first-order valence-corrected chi connectivity index (χ1v) is 6.26. The summed E-state index contributed by atoms with van der Waals surface area (Å²) in [5.74, 6) is -0.0517. The van der Waals surface area contributed by atoms with E-state index in [1.807, 2.05) is 13.8 Å². The molecule has 2 heterocycles. The molecular weight excluding hydrogens is 189 g/mol. The van der Waals surface area contributed by atoms with Crippen LogP contribution in [0.25, 0.3) is 0 Å². The molecule has 3 aliphatic rings. The van der Waals surface area contributed by atoms with Crippen molar-refractivity contribution in [1.29, 1.82) is 0 Å². The summed E-state index contributed by atoms with van der Waals surface area (Å²) < 4.78 is 30.7. The van der Waals surface area contributed by atoms with Crippen molar-refractivity contribution in [1.82, 2.24) is 4.90 Å². The molecule has 3 rings (SSSR count). The molecule has 2 heteroatoms. The zero-order valence-electron chi connectivity index (χ0n) is 11.7. The van der Waals surface area contributed by atoms with Gasteiger partial charge in [-0.25, -0.2) is 4.39 Å². The van der Waals surface area contributed by atoms with E-state index in [4.69, 9.17) is 2.74 Å². The molecule has 1 spiro atoms. The third-order valence-electron chi connectivity index (χ3n) is 4.42. The Hall–Kier alpha value is -0.110. The number of fused-ring (bicyclic) bond motifs is 2. The van der Waals surface area contributed by atoms with Crippen LogP contribution in [0.3, 0.4) is 0 Å². The first kappa shape index (κ1) is 8.05. The van der Waals surface area contributed by atoms with E-state index in [0.29, 0.717) is 13.0 Å². The average molecular weight is 213 g/mol. The lowest BCUT2D eigenvalue weighted by molar-refractivity contribution is 0.115. The van der Waals surface area contributed by atoms with Gasteiger partial charge in [0.05, 0.1) is 0 Å². The molecule has 0 aromatic carbocycles. The molecule has 1 nitrogen and oxygen atoms in total. The zero-order chi connectivity index (χ0) is 12.5. The number of halogens is 1. The van der Waals surface area contributed by atoms with Crippen LogP contribution in [0.5, 0.6) is 0 Å². The number of alkyl halides is 1. The molecule has 0 N–H and O–H groups in total. The highest BCUT2D eigenvalue weighted by Crippen LogP contribution is 2.60. The van der Waals surface area contributed by atoms with Gasteiger partial charge >= 0.3 is 0 Å². The van der Waals surface area contributed by atoms with Gasteiger partial charge in [0, 0.05) is 20.4 Å². The van der Waals surface area contributed by atoms with Gasteiger partial charge in [0.2, 0.25) is 0 Å². The topological polar surface area (TPSA) is 3.24 Å². The summed E-state index contributed by atoms with van der Waals surface area (Å²) in [6, 6.07) is 0. The third-order valence-corrected chi connectivity index (χ3v) is 4.42. The summed E-state index contributed by atoms with van der Waals surface area (Å²) >= 11 is 0. The van der Waals surface area contributed by atoms with Gasteiger partial charge in [-0.3, -0.25) is 4.90 Å². The third kappa shape index (κ3) is 1.37. The molecule has 3 fully saturated rings. The fourth-order valence-corrected chi connectivity index (χ4v) is 3.78.